The number of nitrogens with zero attached hydrogens (tertiary/aromatic N) is 3. The third-order valence-corrected chi connectivity index (χ3v) is 3.91. The van der Waals surface area contributed by atoms with Crippen LogP contribution in [0.5, 0.6) is 0 Å². The van der Waals surface area contributed by atoms with Gasteiger partial charge in [-0.3, -0.25) is 14.7 Å². The molecule has 0 unspecified atom stereocenters. The van der Waals surface area contributed by atoms with Gasteiger partial charge in [0.25, 0.3) is 5.91 Å². The predicted molar refractivity (Wildman–Crippen MR) is 81.8 cm³/mol. The van der Waals surface area contributed by atoms with Crippen molar-refractivity contribution in [2.45, 2.75) is 6.54 Å². The normalized spacial score (nSPS) is 15.8. The molecule has 2 aromatic rings. The summed E-state index contributed by atoms with van der Waals surface area (Å²) in [6, 6.07) is 10.1. The lowest BCUT2D eigenvalue weighted by molar-refractivity contribution is 0.0628. The van der Waals surface area contributed by atoms with Crippen molar-refractivity contribution in [3.63, 3.8) is 0 Å². The highest BCUT2D eigenvalue weighted by atomic mass is 19.1. The Hall–Kier alpha value is -2.27. The van der Waals surface area contributed by atoms with Gasteiger partial charge in [-0.05, 0) is 29.8 Å². The average molecular weight is 299 g/mol. The van der Waals surface area contributed by atoms with E-state index in [1.807, 2.05) is 17.0 Å². The zero-order chi connectivity index (χ0) is 15.4. The Kier molecular flexibility index (Phi) is 4.44. The van der Waals surface area contributed by atoms with Crippen LogP contribution in [-0.2, 0) is 6.54 Å². The predicted octanol–water partition coefficient (Wildman–Crippen LogP) is 2.18. The van der Waals surface area contributed by atoms with Crippen molar-refractivity contribution in [1.29, 1.82) is 0 Å². The molecule has 0 bridgehead atoms. The first-order valence-electron chi connectivity index (χ1n) is 7.38. The van der Waals surface area contributed by atoms with E-state index < -0.39 is 0 Å². The molecule has 1 saturated heterocycles. The van der Waals surface area contributed by atoms with Gasteiger partial charge in [0.15, 0.2) is 0 Å². The largest absolute Gasteiger partial charge is 0.336 e. The molecule has 114 valence electrons. The molecule has 0 radical (unpaired) electrons. The van der Waals surface area contributed by atoms with Gasteiger partial charge >= 0.3 is 0 Å². The number of benzene rings is 1. The molecular formula is C17H18FN3O. The second-order valence-electron chi connectivity index (χ2n) is 5.43. The Morgan fingerprint density at radius 1 is 1.00 bits per heavy atom. The molecule has 0 spiro atoms. The molecule has 1 amide bonds. The highest BCUT2D eigenvalue weighted by Gasteiger charge is 2.21. The fourth-order valence-electron chi connectivity index (χ4n) is 2.63. The molecule has 1 fully saturated rings. The molecule has 1 aliphatic rings. The second kappa shape index (κ2) is 6.66. The number of halogens is 1. The third-order valence-electron chi connectivity index (χ3n) is 3.91. The van der Waals surface area contributed by atoms with Crippen molar-refractivity contribution in [3.05, 3.63) is 65.7 Å². The summed E-state index contributed by atoms with van der Waals surface area (Å²) in [5.41, 5.74) is 1.78. The van der Waals surface area contributed by atoms with Gasteiger partial charge in [0.2, 0.25) is 0 Å². The van der Waals surface area contributed by atoms with Crippen LogP contribution >= 0.6 is 0 Å². The maximum absolute atomic E-state index is 12.9. The van der Waals surface area contributed by atoms with Crippen molar-refractivity contribution < 1.29 is 9.18 Å². The molecule has 0 saturated carbocycles. The Morgan fingerprint density at radius 3 is 2.27 bits per heavy atom. The Labute approximate surface area is 129 Å². The van der Waals surface area contributed by atoms with Gasteiger partial charge in [-0.25, -0.2) is 4.39 Å². The van der Waals surface area contributed by atoms with E-state index in [2.05, 4.69) is 9.88 Å². The summed E-state index contributed by atoms with van der Waals surface area (Å²) in [5.74, 6) is -0.152. The highest BCUT2D eigenvalue weighted by Crippen LogP contribution is 2.12. The lowest BCUT2D eigenvalue weighted by Crippen LogP contribution is -2.48. The molecule has 5 heteroatoms. The molecular weight excluding hydrogens is 281 g/mol. The zero-order valence-electron chi connectivity index (χ0n) is 12.3. The maximum atomic E-state index is 12.9. The number of hydrogen-bond donors (Lipinski definition) is 0. The first-order valence-corrected chi connectivity index (χ1v) is 7.38. The Bertz CT molecular complexity index is 622. The van der Waals surface area contributed by atoms with Gasteiger partial charge in [-0.2, -0.15) is 0 Å². The van der Waals surface area contributed by atoms with Crippen molar-refractivity contribution in [2.24, 2.45) is 0 Å². The Morgan fingerprint density at radius 2 is 1.64 bits per heavy atom. The lowest BCUT2D eigenvalue weighted by atomic mass is 10.1. The zero-order valence-corrected chi connectivity index (χ0v) is 12.3. The number of carbonyl (C=O) groups is 1. The minimum Gasteiger partial charge on any atom is -0.336 e. The number of pyridine rings is 1. The fourth-order valence-corrected chi connectivity index (χ4v) is 2.63. The van der Waals surface area contributed by atoms with Gasteiger partial charge in [-0.1, -0.05) is 12.1 Å². The molecule has 2 heterocycles. The summed E-state index contributed by atoms with van der Waals surface area (Å²) in [5, 5.41) is 0. The molecule has 4 nitrogen and oxygen atoms in total. The van der Waals surface area contributed by atoms with E-state index in [-0.39, 0.29) is 11.7 Å². The number of hydrogen-bond acceptors (Lipinski definition) is 3. The van der Waals surface area contributed by atoms with Gasteiger partial charge in [0.1, 0.15) is 5.82 Å². The van der Waals surface area contributed by atoms with Crippen molar-refractivity contribution in [2.75, 3.05) is 26.2 Å². The third kappa shape index (κ3) is 3.49. The first-order chi connectivity index (χ1) is 10.7. The molecule has 0 N–H and O–H groups in total. The van der Waals surface area contributed by atoms with E-state index in [9.17, 15) is 9.18 Å². The second-order valence-corrected chi connectivity index (χ2v) is 5.43. The number of carbonyl (C=O) groups excluding carboxylic acids is 1. The average Bonchev–Trinajstić information content (AvgIpc) is 2.58. The molecule has 1 aromatic carbocycles. The highest BCUT2D eigenvalue weighted by molar-refractivity contribution is 5.94. The molecule has 3 rings (SSSR count). The molecule has 1 aliphatic heterocycles. The van der Waals surface area contributed by atoms with E-state index in [1.165, 1.54) is 12.1 Å². The van der Waals surface area contributed by atoms with Crippen LogP contribution in [-0.4, -0.2) is 46.9 Å². The topological polar surface area (TPSA) is 36.4 Å². The SMILES string of the molecule is O=C(c1ccncc1)N1CCN(Cc2ccc(F)cc2)CC1. The van der Waals surface area contributed by atoms with E-state index in [4.69, 9.17) is 0 Å². The van der Waals surface area contributed by atoms with Crippen molar-refractivity contribution >= 4 is 5.91 Å². The lowest BCUT2D eigenvalue weighted by Gasteiger charge is -2.34. The van der Waals surface area contributed by atoms with Gasteiger partial charge < -0.3 is 4.90 Å². The van der Waals surface area contributed by atoms with E-state index in [1.54, 1.807) is 24.5 Å². The van der Waals surface area contributed by atoms with Crippen LogP contribution in [0.3, 0.4) is 0 Å². The molecule has 1 aromatic heterocycles. The monoisotopic (exact) mass is 299 g/mol. The standard InChI is InChI=1S/C17H18FN3O/c18-16-3-1-14(2-4-16)13-20-9-11-21(12-10-20)17(22)15-5-7-19-8-6-15/h1-8H,9-13H2. The van der Waals surface area contributed by atoms with Crippen LogP contribution in [0.4, 0.5) is 4.39 Å². The number of piperazine rings is 1. The van der Waals surface area contributed by atoms with Crippen LogP contribution in [0.25, 0.3) is 0 Å². The van der Waals surface area contributed by atoms with E-state index in [0.29, 0.717) is 18.7 Å². The number of amides is 1. The summed E-state index contributed by atoms with van der Waals surface area (Å²) in [6.07, 6.45) is 3.27. The van der Waals surface area contributed by atoms with E-state index >= 15 is 0 Å². The van der Waals surface area contributed by atoms with Gasteiger partial charge in [-0.15, -0.1) is 0 Å². The van der Waals surface area contributed by atoms with Gasteiger partial charge in [0, 0.05) is 50.7 Å². The smallest absolute Gasteiger partial charge is 0.254 e. The first kappa shape index (κ1) is 14.7. The number of aromatic nitrogens is 1. The minimum atomic E-state index is -0.212. The quantitative estimate of drug-likeness (QED) is 0.871. The maximum Gasteiger partial charge on any atom is 0.254 e. The number of rotatable bonds is 3. The molecule has 0 atom stereocenters. The summed E-state index contributed by atoms with van der Waals surface area (Å²) < 4.78 is 12.9. The summed E-state index contributed by atoms with van der Waals surface area (Å²) in [6.45, 7) is 3.87. The van der Waals surface area contributed by atoms with Crippen molar-refractivity contribution in [1.82, 2.24) is 14.8 Å². The van der Waals surface area contributed by atoms with Crippen LogP contribution in [0, 0.1) is 5.82 Å². The van der Waals surface area contributed by atoms with Gasteiger partial charge in [0.05, 0.1) is 0 Å². The van der Waals surface area contributed by atoms with Crippen LogP contribution < -0.4 is 0 Å². The Balaban J connectivity index is 1.54. The molecule has 0 aliphatic carbocycles. The summed E-state index contributed by atoms with van der Waals surface area (Å²) in [7, 11) is 0. The van der Waals surface area contributed by atoms with E-state index in [0.717, 1.165) is 25.2 Å². The summed E-state index contributed by atoms with van der Waals surface area (Å²) >= 11 is 0. The van der Waals surface area contributed by atoms with Crippen LogP contribution in [0.15, 0.2) is 48.8 Å². The van der Waals surface area contributed by atoms with Crippen LogP contribution in [0.1, 0.15) is 15.9 Å². The fraction of sp³-hybridized carbons (Fsp3) is 0.294. The van der Waals surface area contributed by atoms with Crippen molar-refractivity contribution in [3.8, 4) is 0 Å². The minimum absolute atomic E-state index is 0.0591. The summed E-state index contributed by atoms with van der Waals surface area (Å²) in [4.78, 5) is 20.4. The molecule has 22 heavy (non-hydrogen) atoms. The van der Waals surface area contributed by atoms with Crippen LogP contribution in [0.2, 0.25) is 0 Å².